The molecule has 0 aliphatic heterocycles. The van der Waals surface area contributed by atoms with Crippen molar-refractivity contribution in [1.82, 2.24) is 9.78 Å². The lowest BCUT2D eigenvalue weighted by atomic mass is 10.2. The molecule has 96 valence electrons. The number of hydrogen-bond acceptors (Lipinski definition) is 3. The van der Waals surface area contributed by atoms with Gasteiger partial charge in [0, 0.05) is 45.1 Å². The number of benzene rings is 1. The van der Waals surface area contributed by atoms with E-state index in [9.17, 15) is 0 Å². The molecule has 4 nitrogen and oxygen atoms in total. The fourth-order valence-electron chi connectivity index (χ4n) is 1.75. The van der Waals surface area contributed by atoms with E-state index in [1.165, 1.54) is 11.3 Å². The highest BCUT2D eigenvalue weighted by Gasteiger charge is 2.01. The van der Waals surface area contributed by atoms with Crippen molar-refractivity contribution in [2.24, 2.45) is 7.05 Å². The second kappa shape index (κ2) is 5.12. The van der Waals surface area contributed by atoms with Crippen molar-refractivity contribution in [2.45, 2.75) is 13.5 Å². The van der Waals surface area contributed by atoms with Gasteiger partial charge in [0.1, 0.15) is 5.82 Å². The van der Waals surface area contributed by atoms with Crippen LogP contribution in [0.15, 0.2) is 30.3 Å². The molecular weight excluding hydrogens is 224 g/mol. The molecule has 18 heavy (non-hydrogen) atoms. The summed E-state index contributed by atoms with van der Waals surface area (Å²) in [5, 5.41) is 7.69. The Labute approximate surface area is 108 Å². The molecule has 0 unspecified atom stereocenters. The highest BCUT2D eigenvalue weighted by atomic mass is 15.3. The van der Waals surface area contributed by atoms with Crippen molar-refractivity contribution < 1.29 is 0 Å². The van der Waals surface area contributed by atoms with E-state index < -0.39 is 0 Å². The molecule has 0 fully saturated rings. The second-order valence-electron chi connectivity index (χ2n) is 4.71. The molecule has 2 aromatic rings. The minimum Gasteiger partial charge on any atom is -0.378 e. The highest BCUT2D eigenvalue weighted by molar-refractivity contribution is 5.46. The van der Waals surface area contributed by atoms with Crippen LogP contribution >= 0.6 is 0 Å². The Bertz CT molecular complexity index is 492. The molecule has 1 aromatic heterocycles. The van der Waals surface area contributed by atoms with Gasteiger partial charge in [-0.15, -0.1) is 0 Å². The van der Waals surface area contributed by atoms with Crippen LogP contribution in [0.25, 0.3) is 0 Å². The van der Waals surface area contributed by atoms with Crippen molar-refractivity contribution in [1.29, 1.82) is 0 Å². The van der Waals surface area contributed by atoms with Gasteiger partial charge in [-0.2, -0.15) is 5.10 Å². The van der Waals surface area contributed by atoms with Crippen LogP contribution in [0.4, 0.5) is 11.5 Å². The minimum absolute atomic E-state index is 0.796. The van der Waals surface area contributed by atoms with Crippen LogP contribution in [0, 0.1) is 6.92 Å². The third kappa shape index (κ3) is 2.83. The van der Waals surface area contributed by atoms with Crippen LogP contribution in [0.1, 0.15) is 11.3 Å². The molecule has 0 radical (unpaired) electrons. The van der Waals surface area contributed by atoms with E-state index in [1.54, 1.807) is 0 Å². The summed E-state index contributed by atoms with van der Waals surface area (Å²) in [4.78, 5) is 2.10. The average molecular weight is 244 g/mol. The fraction of sp³-hybridized carbons (Fsp3) is 0.357. The average Bonchev–Trinajstić information content (AvgIpc) is 2.67. The molecule has 0 spiro atoms. The van der Waals surface area contributed by atoms with Gasteiger partial charge in [-0.25, -0.2) is 0 Å². The number of nitrogens with zero attached hydrogens (tertiary/aromatic N) is 3. The lowest BCUT2D eigenvalue weighted by Gasteiger charge is -2.12. The van der Waals surface area contributed by atoms with Gasteiger partial charge in [0.25, 0.3) is 0 Å². The first-order chi connectivity index (χ1) is 8.56. The van der Waals surface area contributed by atoms with Gasteiger partial charge < -0.3 is 10.2 Å². The summed E-state index contributed by atoms with van der Waals surface area (Å²) in [6.07, 6.45) is 0. The maximum absolute atomic E-state index is 4.37. The number of aromatic nitrogens is 2. The van der Waals surface area contributed by atoms with E-state index in [1.807, 2.05) is 38.8 Å². The van der Waals surface area contributed by atoms with Gasteiger partial charge in [-0.3, -0.25) is 4.68 Å². The summed E-state index contributed by atoms with van der Waals surface area (Å²) in [6.45, 7) is 2.84. The molecule has 0 saturated heterocycles. The maximum atomic E-state index is 4.37. The van der Waals surface area contributed by atoms with Crippen LogP contribution in [0.5, 0.6) is 0 Å². The molecule has 1 N–H and O–H groups in total. The number of hydrogen-bond donors (Lipinski definition) is 1. The first-order valence-electron chi connectivity index (χ1n) is 6.07. The highest BCUT2D eigenvalue weighted by Crippen LogP contribution is 2.14. The molecule has 0 saturated carbocycles. The van der Waals surface area contributed by atoms with Crippen LogP contribution in [0.2, 0.25) is 0 Å². The summed E-state index contributed by atoms with van der Waals surface area (Å²) in [5.74, 6) is 0.923. The fourth-order valence-corrected chi connectivity index (χ4v) is 1.75. The zero-order chi connectivity index (χ0) is 13.1. The monoisotopic (exact) mass is 244 g/mol. The van der Waals surface area contributed by atoms with Gasteiger partial charge in [-0.05, 0) is 24.6 Å². The van der Waals surface area contributed by atoms with E-state index in [0.29, 0.717) is 0 Å². The van der Waals surface area contributed by atoms with Crippen LogP contribution in [-0.2, 0) is 13.6 Å². The molecule has 0 aliphatic rings. The topological polar surface area (TPSA) is 33.1 Å². The molecule has 0 atom stereocenters. The Kier molecular flexibility index (Phi) is 3.55. The van der Waals surface area contributed by atoms with Crippen LogP contribution in [-0.4, -0.2) is 23.9 Å². The number of aryl methyl sites for hydroxylation is 2. The van der Waals surface area contributed by atoms with Crippen molar-refractivity contribution >= 4 is 11.5 Å². The van der Waals surface area contributed by atoms with E-state index in [2.05, 4.69) is 39.6 Å². The summed E-state index contributed by atoms with van der Waals surface area (Å²) in [7, 11) is 6.04. The zero-order valence-corrected chi connectivity index (χ0v) is 11.4. The molecular formula is C14H20N4. The van der Waals surface area contributed by atoms with E-state index in [0.717, 1.165) is 18.1 Å². The largest absolute Gasteiger partial charge is 0.378 e. The summed E-state index contributed by atoms with van der Waals surface area (Å²) < 4.78 is 1.87. The van der Waals surface area contributed by atoms with E-state index in [4.69, 9.17) is 0 Å². The predicted octanol–water partition coefficient (Wildman–Crippen LogP) is 2.41. The molecule has 0 bridgehead atoms. The van der Waals surface area contributed by atoms with Gasteiger partial charge in [-0.1, -0.05) is 12.1 Å². The normalized spacial score (nSPS) is 10.4. The molecule has 2 rings (SSSR count). The van der Waals surface area contributed by atoms with Gasteiger partial charge in [0.2, 0.25) is 0 Å². The quantitative estimate of drug-likeness (QED) is 0.896. The summed E-state index contributed by atoms with van der Waals surface area (Å²) >= 11 is 0. The zero-order valence-electron chi connectivity index (χ0n) is 11.4. The van der Waals surface area contributed by atoms with Gasteiger partial charge >= 0.3 is 0 Å². The Balaban J connectivity index is 1.97. The predicted molar refractivity (Wildman–Crippen MR) is 76.0 cm³/mol. The minimum atomic E-state index is 0.796. The number of rotatable bonds is 4. The van der Waals surface area contributed by atoms with Gasteiger partial charge in [0.05, 0.1) is 0 Å². The third-order valence-corrected chi connectivity index (χ3v) is 3.04. The van der Waals surface area contributed by atoms with Crippen LogP contribution in [0.3, 0.4) is 0 Å². The lowest BCUT2D eigenvalue weighted by molar-refractivity contribution is 0.741. The standard InChI is InChI=1S/C14H20N4/c1-11-9-14(16-18(11)4)15-10-12-5-7-13(8-6-12)17(2)3/h5-9H,10H2,1-4H3,(H,15,16). The lowest BCUT2D eigenvalue weighted by Crippen LogP contribution is -2.08. The van der Waals surface area contributed by atoms with Crippen molar-refractivity contribution in [3.8, 4) is 0 Å². The van der Waals surface area contributed by atoms with Crippen molar-refractivity contribution in [3.63, 3.8) is 0 Å². The maximum Gasteiger partial charge on any atom is 0.148 e. The van der Waals surface area contributed by atoms with E-state index >= 15 is 0 Å². The number of nitrogens with one attached hydrogen (secondary N) is 1. The Hall–Kier alpha value is -1.97. The first kappa shape index (κ1) is 12.5. The number of anilines is 2. The molecule has 1 heterocycles. The molecule has 1 aromatic carbocycles. The smallest absolute Gasteiger partial charge is 0.148 e. The Morgan fingerprint density at radius 1 is 1.22 bits per heavy atom. The van der Waals surface area contributed by atoms with E-state index in [-0.39, 0.29) is 0 Å². The Morgan fingerprint density at radius 3 is 2.39 bits per heavy atom. The SMILES string of the molecule is Cc1cc(NCc2ccc(N(C)C)cc2)nn1C. The second-order valence-corrected chi connectivity index (χ2v) is 4.71. The summed E-state index contributed by atoms with van der Waals surface area (Å²) in [5.41, 5.74) is 3.62. The Morgan fingerprint density at radius 2 is 1.89 bits per heavy atom. The summed E-state index contributed by atoms with van der Waals surface area (Å²) in [6, 6.07) is 10.6. The molecule has 0 aliphatic carbocycles. The van der Waals surface area contributed by atoms with Crippen molar-refractivity contribution in [3.05, 3.63) is 41.6 Å². The third-order valence-electron chi connectivity index (χ3n) is 3.04. The molecule has 4 heteroatoms. The van der Waals surface area contributed by atoms with Crippen LogP contribution < -0.4 is 10.2 Å². The van der Waals surface area contributed by atoms with Crippen molar-refractivity contribution in [2.75, 3.05) is 24.3 Å². The van der Waals surface area contributed by atoms with Gasteiger partial charge in [0.15, 0.2) is 0 Å². The first-order valence-corrected chi connectivity index (χ1v) is 6.07. The molecule has 0 amide bonds.